The molecule has 1 saturated heterocycles. The third-order valence-electron chi connectivity index (χ3n) is 5.57. The number of hydrogen-bond acceptors (Lipinski definition) is 2. The molecule has 3 rings (SSSR count). The molecule has 0 saturated carbocycles. The lowest BCUT2D eigenvalue weighted by Crippen LogP contribution is -3.26. The van der Waals surface area contributed by atoms with E-state index in [2.05, 4.69) is 63.2 Å². The largest absolute Gasteiger partial charge is 1.00 e. The van der Waals surface area contributed by atoms with Crippen LogP contribution in [0.15, 0.2) is 48.5 Å². The molecule has 2 aromatic carbocycles. The summed E-state index contributed by atoms with van der Waals surface area (Å²) >= 11 is 0. The maximum Gasteiger partial charge on any atom is 0.137 e. The first kappa shape index (κ1) is 25.7. The Hall–Kier alpha value is -1.30. The van der Waals surface area contributed by atoms with Crippen LogP contribution in [0, 0.1) is 6.92 Å². The Labute approximate surface area is 187 Å². The fourth-order valence-corrected chi connectivity index (χ4v) is 4.04. The number of rotatable bonds is 7. The third kappa shape index (κ3) is 7.47. The highest BCUT2D eigenvalue weighted by Crippen LogP contribution is 2.23. The van der Waals surface area contributed by atoms with E-state index >= 15 is 0 Å². The second kappa shape index (κ2) is 12.4. The normalized spacial score (nSPS) is 19.8. The minimum atomic E-state index is -0.427. The van der Waals surface area contributed by atoms with Crippen molar-refractivity contribution in [2.45, 2.75) is 32.8 Å². The molecule has 0 aliphatic carbocycles. The SMILES string of the molecule is Cc1cc(OCC(O)C[NH+]2CC[NH+](c3ccccc3)CC2)ccc1C(C)C.[Cl-].[Cl-]. The average Bonchev–Trinajstić information content (AvgIpc) is 2.67. The summed E-state index contributed by atoms with van der Waals surface area (Å²) in [7, 11) is 0. The molecule has 0 spiro atoms. The van der Waals surface area contributed by atoms with E-state index < -0.39 is 6.10 Å². The Kier molecular flexibility index (Phi) is 11.0. The number of aliphatic hydroxyl groups excluding tert-OH is 1. The number of benzene rings is 2. The van der Waals surface area contributed by atoms with E-state index in [4.69, 9.17) is 4.74 Å². The van der Waals surface area contributed by atoms with Gasteiger partial charge in [0.2, 0.25) is 0 Å². The van der Waals surface area contributed by atoms with Gasteiger partial charge in [-0.1, -0.05) is 38.1 Å². The molecule has 1 unspecified atom stereocenters. The Bertz CT molecular complexity index is 720. The van der Waals surface area contributed by atoms with Crippen molar-refractivity contribution in [3.8, 4) is 5.75 Å². The van der Waals surface area contributed by atoms with Gasteiger partial charge in [0, 0.05) is 0 Å². The zero-order chi connectivity index (χ0) is 19.2. The van der Waals surface area contributed by atoms with Crippen LogP contribution in [0.4, 0.5) is 5.69 Å². The molecule has 1 aliphatic heterocycles. The van der Waals surface area contributed by atoms with Crippen LogP contribution in [0.1, 0.15) is 30.9 Å². The molecule has 1 heterocycles. The molecular formula is C23H34Cl2N2O2. The van der Waals surface area contributed by atoms with Crippen molar-refractivity contribution in [1.29, 1.82) is 0 Å². The number of quaternary nitrogens is 2. The van der Waals surface area contributed by atoms with Gasteiger partial charge >= 0.3 is 0 Å². The molecular weight excluding hydrogens is 407 g/mol. The van der Waals surface area contributed by atoms with Crippen LogP contribution in [0.5, 0.6) is 5.75 Å². The Balaban J connectivity index is 0.00000210. The van der Waals surface area contributed by atoms with E-state index in [9.17, 15) is 5.11 Å². The average molecular weight is 441 g/mol. The summed E-state index contributed by atoms with van der Waals surface area (Å²) in [5.41, 5.74) is 3.98. The Morgan fingerprint density at radius 1 is 0.966 bits per heavy atom. The van der Waals surface area contributed by atoms with E-state index in [1.165, 1.54) is 21.7 Å². The van der Waals surface area contributed by atoms with Gasteiger partial charge in [-0.15, -0.1) is 0 Å². The van der Waals surface area contributed by atoms with Crippen molar-refractivity contribution < 1.29 is 44.5 Å². The van der Waals surface area contributed by atoms with Crippen molar-refractivity contribution in [3.63, 3.8) is 0 Å². The van der Waals surface area contributed by atoms with Crippen LogP contribution in [0.3, 0.4) is 0 Å². The zero-order valence-electron chi connectivity index (χ0n) is 17.6. The third-order valence-corrected chi connectivity index (χ3v) is 5.57. The number of nitrogens with one attached hydrogen (secondary N) is 2. The maximum atomic E-state index is 10.4. The van der Waals surface area contributed by atoms with Gasteiger partial charge in [0.05, 0.1) is 0 Å². The minimum Gasteiger partial charge on any atom is -1.00 e. The first-order valence-electron chi connectivity index (χ1n) is 10.2. The number of aliphatic hydroxyl groups is 1. The first-order chi connectivity index (χ1) is 13.0. The second-order valence-corrected chi connectivity index (χ2v) is 8.06. The standard InChI is InChI=1S/C23H32N2O2.2ClH/c1-18(2)23-10-9-22(15-19(23)3)27-17-21(26)16-24-11-13-25(14-12-24)20-7-5-4-6-8-20;;/h4-10,15,18,21,26H,11-14,16-17H2,1-3H3;2*1H. The molecule has 1 aliphatic rings. The quantitative estimate of drug-likeness (QED) is 0.403. The number of halogens is 2. The van der Waals surface area contributed by atoms with Gasteiger partial charge in [-0.05, 0) is 48.2 Å². The number of para-hydroxylation sites is 1. The molecule has 162 valence electrons. The number of ether oxygens (including phenoxy) is 1. The van der Waals surface area contributed by atoms with Crippen molar-refractivity contribution in [2.24, 2.45) is 0 Å². The van der Waals surface area contributed by atoms with Crippen LogP contribution >= 0.6 is 0 Å². The summed E-state index contributed by atoms with van der Waals surface area (Å²) in [4.78, 5) is 3.02. The van der Waals surface area contributed by atoms with Crippen LogP contribution in [0.25, 0.3) is 0 Å². The van der Waals surface area contributed by atoms with Crippen molar-refractivity contribution in [1.82, 2.24) is 0 Å². The number of hydrogen-bond donors (Lipinski definition) is 3. The van der Waals surface area contributed by atoms with E-state index in [0.29, 0.717) is 12.5 Å². The highest BCUT2D eigenvalue weighted by Gasteiger charge is 2.26. The van der Waals surface area contributed by atoms with Gasteiger partial charge in [-0.2, -0.15) is 0 Å². The molecule has 6 heteroatoms. The van der Waals surface area contributed by atoms with E-state index in [-0.39, 0.29) is 24.8 Å². The zero-order valence-corrected chi connectivity index (χ0v) is 19.1. The molecule has 0 amide bonds. The Morgan fingerprint density at radius 2 is 1.62 bits per heavy atom. The van der Waals surface area contributed by atoms with Crippen LogP contribution in [0.2, 0.25) is 0 Å². The maximum absolute atomic E-state index is 10.4. The Morgan fingerprint density at radius 3 is 2.21 bits per heavy atom. The summed E-state index contributed by atoms with van der Waals surface area (Å²) in [5.74, 6) is 1.37. The number of piperazine rings is 1. The van der Waals surface area contributed by atoms with E-state index in [0.717, 1.165) is 38.5 Å². The van der Waals surface area contributed by atoms with Gasteiger partial charge in [-0.3, -0.25) is 4.90 Å². The topological polar surface area (TPSA) is 38.3 Å². The fourth-order valence-electron chi connectivity index (χ4n) is 4.04. The second-order valence-electron chi connectivity index (χ2n) is 8.06. The van der Waals surface area contributed by atoms with Gasteiger partial charge in [0.25, 0.3) is 0 Å². The summed E-state index contributed by atoms with van der Waals surface area (Å²) in [6, 6.07) is 16.9. The van der Waals surface area contributed by atoms with E-state index in [1.807, 2.05) is 6.07 Å². The fraction of sp³-hybridized carbons (Fsp3) is 0.478. The molecule has 29 heavy (non-hydrogen) atoms. The number of aryl methyl sites for hydroxylation is 1. The van der Waals surface area contributed by atoms with Crippen LogP contribution in [-0.2, 0) is 0 Å². The summed E-state index contributed by atoms with van der Waals surface area (Å²) in [6.45, 7) is 12.0. The minimum absolute atomic E-state index is 0. The predicted octanol–water partition coefficient (Wildman–Crippen LogP) is -5.02. The van der Waals surface area contributed by atoms with Gasteiger partial charge in [0.15, 0.2) is 0 Å². The van der Waals surface area contributed by atoms with Crippen LogP contribution < -0.4 is 39.4 Å². The summed E-state index contributed by atoms with van der Waals surface area (Å²) in [5, 5.41) is 10.4. The smallest absolute Gasteiger partial charge is 0.137 e. The summed E-state index contributed by atoms with van der Waals surface area (Å²) in [6.07, 6.45) is -0.427. The van der Waals surface area contributed by atoms with E-state index in [1.54, 1.807) is 4.90 Å². The monoisotopic (exact) mass is 440 g/mol. The predicted molar refractivity (Wildman–Crippen MR) is 109 cm³/mol. The molecule has 0 bridgehead atoms. The molecule has 4 nitrogen and oxygen atoms in total. The molecule has 0 aromatic heterocycles. The lowest BCUT2D eigenvalue weighted by atomic mass is 9.98. The van der Waals surface area contributed by atoms with Crippen molar-refractivity contribution in [3.05, 3.63) is 59.7 Å². The van der Waals surface area contributed by atoms with Gasteiger partial charge < -0.3 is 39.6 Å². The van der Waals surface area contributed by atoms with Gasteiger partial charge in [0.1, 0.15) is 56.9 Å². The highest BCUT2D eigenvalue weighted by molar-refractivity contribution is 5.36. The first-order valence-corrected chi connectivity index (χ1v) is 10.2. The molecule has 0 radical (unpaired) electrons. The molecule has 1 atom stereocenters. The molecule has 3 N–H and O–H groups in total. The van der Waals surface area contributed by atoms with Crippen molar-refractivity contribution in [2.75, 3.05) is 39.3 Å². The molecule has 1 fully saturated rings. The lowest BCUT2D eigenvalue weighted by Gasteiger charge is -2.30. The highest BCUT2D eigenvalue weighted by atomic mass is 35.5. The van der Waals surface area contributed by atoms with Crippen LogP contribution in [-0.4, -0.2) is 50.5 Å². The van der Waals surface area contributed by atoms with Crippen molar-refractivity contribution >= 4 is 5.69 Å². The summed E-state index contributed by atoms with van der Waals surface area (Å²) < 4.78 is 5.85. The molecule has 2 aromatic rings. The van der Waals surface area contributed by atoms with Gasteiger partial charge in [-0.25, -0.2) is 0 Å². The lowest BCUT2D eigenvalue weighted by molar-refractivity contribution is -0.988.